The number of nitrogens with one attached hydrogen (secondary N) is 1. The summed E-state index contributed by atoms with van der Waals surface area (Å²) in [5.41, 5.74) is 4.29. The lowest BCUT2D eigenvalue weighted by Gasteiger charge is -2.08. The Bertz CT molecular complexity index is 1300. The molecular weight excluding hydrogens is 404 g/mol. The van der Waals surface area contributed by atoms with E-state index in [2.05, 4.69) is 16.6 Å². The summed E-state index contributed by atoms with van der Waals surface area (Å²) in [6, 6.07) is 27.5. The summed E-state index contributed by atoms with van der Waals surface area (Å²) in [5, 5.41) is 15.3. The first-order valence-corrected chi connectivity index (χ1v) is 9.96. The van der Waals surface area contributed by atoms with Crippen LogP contribution >= 0.6 is 0 Å². The third-order valence-corrected chi connectivity index (χ3v) is 4.90. The average Bonchev–Trinajstić information content (AvgIpc) is 2.83. The highest BCUT2D eigenvalue weighted by atomic mass is 16.5. The van der Waals surface area contributed by atoms with Crippen molar-refractivity contribution in [1.29, 1.82) is 0 Å². The molecule has 0 spiro atoms. The second kappa shape index (κ2) is 9.57. The van der Waals surface area contributed by atoms with Crippen LogP contribution in [0.5, 0.6) is 5.75 Å². The molecule has 6 nitrogen and oxygen atoms in total. The van der Waals surface area contributed by atoms with Crippen LogP contribution in [0.1, 0.15) is 31.8 Å². The Labute approximate surface area is 184 Å². The van der Waals surface area contributed by atoms with E-state index in [1.807, 2.05) is 48.5 Å². The number of amides is 1. The second-order valence-corrected chi connectivity index (χ2v) is 7.09. The topological polar surface area (TPSA) is 88.0 Å². The number of carboxylic acids is 1. The van der Waals surface area contributed by atoms with Gasteiger partial charge in [0.1, 0.15) is 12.4 Å². The SMILES string of the molecule is O=C(N/N=C\c1ccccc1C(=O)O)c1ccc(COc2ccc3ccccc3c2)cc1. The first-order chi connectivity index (χ1) is 15.6. The van der Waals surface area contributed by atoms with Gasteiger partial charge >= 0.3 is 5.97 Å². The lowest BCUT2D eigenvalue weighted by molar-refractivity contribution is 0.0696. The standard InChI is InChI=1S/C26H20N2O4/c29-25(28-27-16-22-7-3-4-8-24(22)26(30)31)20-11-9-18(10-12-20)17-32-23-14-13-19-5-1-2-6-21(19)15-23/h1-16H,17H2,(H,28,29)(H,30,31)/b27-16-. The molecule has 0 radical (unpaired) electrons. The molecule has 0 atom stereocenters. The van der Waals surface area contributed by atoms with Crippen molar-refractivity contribution in [3.63, 3.8) is 0 Å². The van der Waals surface area contributed by atoms with Crippen LogP contribution in [0, 0.1) is 0 Å². The lowest BCUT2D eigenvalue weighted by atomic mass is 10.1. The molecule has 0 fully saturated rings. The number of carboxylic acid groups (broad SMARTS) is 1. The molecule has 4 aromatic rings. The van der Waals surface area contributed by atoms with Crippen molar-refractivity contribution in [2.75, 3.05) is 0 Å². The first-order valence-electron chi connectivity index (χ1n) is 9.96. The summed E-state index contributed by atoms with van der Waals surface area (Å²) in [4.78, 5) is 23.5. The van der Waals surface area contributed by atoms with E-state index in [4.69, 9.17) is 4.74 Å². The van der Waals surface area contributed by atoms with Crippen molar-refractivity contribution in [2.24, 2.45) is 5.10 Å². The minimum absolute atomic E-state index is 0.112. The van der Waals surface area contributed by atoms with Gasteiger partial charge < -0.3 is 9.84 Å². The summed E-state index contributed by atoms with van der Waals surface area (Å²) >= 11 is 0. The molecule has 0 saturated carbocycles. The van der Waals surface area contributed by atoms with Gasteiger partial charge in [0.05, 0.1) is 11.8 Å². The van der Waals surface area contributed by atoms with E-state index in [-0.39, 0.29) is 5.56 Å². The lowest BCUT2D eigenvalue weighted by Crippen LogP contribution is -2.17. The number of aromatic carboxylic acids is 1. The monoisotopic (exact) mass is 424 g/mol. The maximum absolute atomic E-state index is 12.3. The zero-order valence-corrected chi connectivity index (χ0v) is 17.1. The largest absolute Gasteiger partial charge is 0.489 e. The fourth-order valence-corrected chi connectivity index (χ4v) is 3.21. The number of carbonyl (C=O) groups is 2. The van der Waals surface area contributed by atoms with Crippen LogP contribution in [0.3, 0.4) is 0 Å². The number of hydrogen-bond acceptors (Lipinski definition) is 4. The number of fused-ring (bicyclic) bond motifs is 1. The number of hydrogen-bond donors (Lipinski definition) is 2. The van der Waals surface area contributed by atoms with Crippen LogP contribution in [-0.4, -0.2) is 23.2 Å². The van der Waals surface area contributed by atoms with Crippen LogP contribution < -0.4 is 10.2 Å². The van der Waals surface area contributed by atoms with Gasteiger partial charge in [-0.25, -0.2) is 10.2 Å². The van der Waals surface area contributed by atoms with Gasteiger partial charge in [0.25, 0.3) is 5.91 Å². The quantitative estimate of drug-likeness (QED) is 0.327. The molecule has 4 rings (SSSR count). The summed E-state index contributed by atoms with van der Waals surface area (Å²) < 4.78 is 5.87. The molecule has 0 aliphatic rings. The van der Waals surface area contributed by atoms with Crippen molar-refractivity contribution < 1.29 is 19.4 Å². The Morgan fingerprint density at radius 2 is 1.59 bits per heavy atom. The van der Waals surface area contributed by atoms with Crippen LogP contribution in [-0.2, 0) is 6.61 Å². The zero-order chi connectivity index (χ0) is 22.3. The fraction of sp³-hybridized carbons (Fsp3) is 0.0385. The molecule has 0 unspecified atom stereocenters. The second-order valence-electron chi connectivity index (χ2n) is 7.09. The molecule has 0 aliphatic heterocycles. The van der Waals surface area contributed by atoms with E-state index in [1.54, 1.807) is 30.3 Å². The Balaban J connectivity index is 1.34. The number of hydrazone groups is 1. The smallest absolute Gasteiger partial charge is 0.336 e. The number of ether oxygens (including phenoxy) is 1. The molecule has 6 heteroatoms. The van der Waals surface area contributed by atoms with E-state index in [0.29, 0.717) is 17.7 Å². The van der Waals surface area contributed by atoms with Gasteiger partial charge in [-0.1, -0.05) is 60.7 Å². The van der Waals surface area contributed by atoms with Gasteiger partial charge in [0.15, 0.2) is 0 Å². The molecule has 32 heavy (non-hydrogen) atoms. The summed E-state index contributed by atoms with van der Waals surface area (Å²) in [6.45, 7) is 0.379. The van der Waals surface area contributed by atoms with Crippen molar-refractivity contribution in [3.8, 4) is 5.75 Å². The zero-order valence-electron chi connectivity index (χ0n) is 17.1. The van der Waals surface area contributed by atoms with Crippen LogP contribution in [0.25, 0.3) is 10.8 Å². The van der Waals surface area contributed by atoms with Gasteiger partial charge in [-0.2, -0.15) is 5.10 Å². The average molecular weight is 424 g/mol. The Morgan fingerprint density at radius 1 is 0.875 bits per heavy atom. The van der Waals surface area contributed by atoms with Crippen molar-refractivity contribution in [2.45, 2.75) is 6.61 Å². The minimum Gasteiger partial charge on any atom is -0.489 e. The molecule has 158 valence electrons. The molecule has 0 bridgehead atoms. The maximum Gasteiger partial charge on any atom is 0.336 e. The number of carbonyl (C=O) groups excluding carboxylic acids is 1. The molecule has 0 aromatic heterocycles. The van der Waals surface area contributed by atoms with Gasteiger partial charge in [0, 0.05) is 11.1 Å². The van der Waals surface area contributed by atoms with E-state index >= 15 is 0 Å². The van der Waals surface area contributed by atoms with Gasteiger partial charge in [-0.15, -0.1) is 0 Å². The maximum atomic E-state index is 12.3. The van der Waals surface area contributed by atoms with Crippen LogP contribution in [0.4, 0.5) is 0 Å². The highest BCUT2D eigenvalue weighted by Crippen LogP contribution is 2.21. The predicted octanol–water partition coefficient (Wildman–Crippen LogP) is 4.88. The van der Waals surface area contributed by atoms with E-state index in [1.165, 1.54) is 12.3 Å². The van der Waals surface area contributed by atoms with Crippen molar-refractivity contribution in [1.82, 2.24) is 5.43 Å². The van der Waals surface area contributed by atoms with Crippen LogP contribution in [0.2, 0.25) is 0 Å². The fourth-order valence-electron chi connectivity index (χ4n) is 3.21. The summed E-state index contributed by atoms with van der Waals surface area (Å²) in [7, 11) is 0. The van der Waals surface area contributed by atoms with Crippen LogP contribution in [0.15, 0.2) is 96.1 Å². The number of rotatable bonds is 7. The molecule has 1 amide bonds. The van der Waals surface area contributed by atoms with Gasteiger partial charge in [-0.05, 0) is 46.7 Å². The van der Waals surface area contributed by atoms with Gasteiger partial charge in [-0.3, -0.25) is 4.79 Å². The van der Waals surface area contributed by atoms with Crippen molar-refractivity contribution in [3.05, 3.63) is 113 Å². The molecule has 0 heterocycles. The predicted molar refractivity (Wildman–Crippen MR) is 123 cm³/mol. The highest BCUT2D eigenvalue weighted by molar-refractivity contribution is 5.99. The number of benzene rings is 4. The normalized spacial score (nSPS) is 10.9. The Morgan fingerprint density at radius 3 is 2.38 bits per heavy atom. The molecule has 0 saturated heterocycles. The van der Waals surface area contributed by atoms with Crippen molar-refractivity contribution >= 4 is 28.9 Å². The molecule has 4 aromatic carbocycles. The minimum atomic E-state index is -1.06. The van der Waals surface area contributed by atoms with E-state index < -0.39 is 11.9 Å². The third-order valence-electron chi connectivity index (χ3n) is 4.90. The number of nitrogens with zero attached hydrogens (tertiary/aromatic N) is 1. The molecule has 0 aliphatic carbocycles. The van der Waals surface area contributed by atoms with Gasteiger partial charge in [0.2, 0.25) is 0 Å². The molecular formula is C26H20N2O4. The summed E-state index contributed by atoms with van der Waals surface area (Å²) in [5.74, 6) is -0.669. The first kappa shape index (κ1) is 20.8. The summed E-state index contributed by atoms with van der Waals surface area (Å²) in [6.07, 6.45) is 1.31. The van der Waals surface area contributed by atoms with E-state index in [0.717, 1.165) is 22.1 Å². The van der Waals surface area contributed by atoms with E-state index in [9.17, 15) is 14.7 Å². The highest BCUT2D eigenvalue weighted by Gasteiger charge is 2.08. The molecule has 2 N–H and O–H groups in total. The third kappa shape index (κ3) is 4.99. The Hall–Kier alpha value is -4.45. The Kier molecular flexibility index (Phi) is 6.22.